The van der Waals surface area contributed by atoms with Gasteiger partial charge in [0, 0.05) is 38.1 Å². The molecule has 1 aromatic rings. The molecule has 0 aromatic carbocycles. The van der Waals surface area contributed by atoms with E-state index in [-0.39, 0.29) is 11.8 Å². The lowest BCUT2D eigenvalue weighted by Gasteiger charge is -2.21. The molecular weight excluding hydrogens is 238 g/mol. The van der Waals surface area contributed by atoms with Crippen LogP contribution in [0.25, 0.3) is 0 Å². The van der Waals surface area contributed by atoms with Gasteiger partial charge in [-0.3, -0.25) is 4.98 Å². The molecule has 1 aliphatic rings. The Hall–Kier alpha value is -0.980. The fraction of sp³-hybridized carbons (Fsp3) is 0.545. The molecule has 1 atom stereocenters. The quantitative estimate of drug-likeness (QED) is 0.820. The van der Waals surface area contributed by atoms with Gasteiger partial charge in [0.05, 0.1) is 5.75 Å². The van der Waals surface area contributed by atoms with Crippen LogP contribution in [0.15, 0.2) is 24.5 Å². The Morgan fingerprint density at radius 3 is 2.88 bits per heavy atom. The smallest absolute Gasteiger partial charge is 0.215 e. The summed E-state index contributed by atoms with van der Waals surface area (Å²) >= 11 is 0. The predicted octanol–water partition coefficient (Wildman–Crippen LogP) is 0.205. The molecule has 2 rings (SSSR count). The Balaban J connectivity index is 2.17. The molecule has 1 aliphatic heterocycles. The van der Waals surface area contributed by atoms with Gasteiger partial charge in [-0.05, 0) is 24.6 Å². The number of nitrogens with zero attached hydrogens (tertiary/aromatic N) is 2. The fourth-order valence-electron chi connectivity index (χ4n) is 1.90. The first-order valence-electron chi connectivity index (χ1n) is 5.68. The van der Waals surface area contributed by atoms with E-state index in [1.54, 1.807) is 16.7 Å². The molecule has 0 saturated carbocycles. The SMILES string of the molecule is CC1CN(Cc2ccncc2)S(=O)(=O)CCN1. The maximum absolute atomic E-state index is 12.0. The van der Waals surface area contributed by atoms with Crippen molar-refractivity contribution in [1.82, 2.24) is 14.6 Å². The lowest BCUT2D eigenvalue weighted by Crippen LogP contribution is -2.37. The van der Waals surface area contributed by atoms with Gasteiger partial charge >= 0.3 is 0 Å². The summed E-state index contributed by atoms with van der Waals surface area (Å²) in [5, 5.41) is 3.18. The average Bonchev–Trinajstić information content (AvgIpc) is 2.40. The van der Waals surface area contributed by atoms with Gasteiger partial charge in [0.15, 0.2) is 0 Å². The Morgan fingerprint density at radius 2 is 2.18 bits per heavy atom. The normalized spacial score (nSPS) is 25.4. The van der Waals surface area contributed by atoms with E-state index in [2.05, 4.69) is 10.3 Å². The Kier molecular flexibility index (Phi) is 3.76. The van der Waals surface area contributed by atoms with E-state index >= 15 is 0 Å². The van der Waals surface area contributed by atoms with E-state index < -0.39 is 10.0 Å². The van der Waals surface area contributed by atoms with E-state index in [4.69, 9.17) is 0 Å². The van der Waals surface area contributed by atoms with Gasteiger partial charge in [-0.15, -0.1) is 0 Å². The summed E-state index contributed by atoms with van der Waals surface area (Å²) in [5.74, 6) is 0.169. The fourth-order valence-corrected chi connectivity index (χ4v) is 3.33. The zero-order chi connectivity index (χ0) is 12.3. The third-order valence-corrected chi connectivity index (χ3v) is 4.62. The van der Waals surface area contributed by atoms with Crippen LogP contribution in [0.4, 0.5) is 0 Å². The molecule has 0 bridgehead atoms. The summed E-state index contributed by atoms with van der Waals surface area (Å²) in [7, 11) is -3.14. The van der Waals surface area contributed by atoms with Crippen molar-refractivity contribution < 1.29 is 8.42 Å². The molecule has 94 valence electrons. The molecule has 0 spiro atoms. The minimum absolute atomic E-state index is 0.169. The number of nitrogens with one attached hydrogen (secondary N) is 1. The van der Waals surface area contributed by atoms with Crippen LogP contribution in [0.3, 0.4) is 0 Å². The van der Waals surface area contributed by atoms with Crippen molar-refractivity contribution in [3.05, 3.63) is 30.1 Å². The first kappa shape index (κ1) is 12.5. The summed E-state index contributed by atoms with van der Waals surface area (Å²) in [5.41, 5.74) is 0.970. The molecule has 6 heteroatoms. The predicted molar refractivity (Wildman–Crippen MR) is 65.9 cm³/mol. The highest BCUT2D eigenvalue weighted by Gasteiger charge is 2.26. The van der Waals surface area contributed by atoms with E-state index in [0.717, 1.165) is 5.56 Å². The molecule has 0 aliphatic carbocycles. The van der Waals surface area contributed by atoms with E-state index in [1.807, 2.05) is 19.1 Å². The minimum Gasteiger partial charge on any atom is -0.312 e. The molecule has 1 saturated heterocycles. The molecule has 2 heterocycles. The van der Waals surface area contributed by atoms with Crippen LogP contribution in [-0.2, 0) is 16.6 Å². The largest absolute Gasteiger partial charge is 0.312 e. The number of rotatable bonds is 2. The van der Waals surface area contributed by atoms with Crippen molar-refractivity contribution in [2.24, 2.45) is 0 Å². The molecule has 1 fully saturated rings. The summed E-state index contributed by atoms with van der Waals surface area (Å²) in [4.78, 5) is 3.93. The van der Waals surface area contributed by atoms with Gasteiger partial charge in [0.2, 0.25) is 10.0 Å². The van der Waals surface area contributed by atoms with E-state index in [9.17, 15) is 8.42 Å². The summed E-state index contributed by atoms with van der Waals surface area (Å²) in [6, 6.07) is 3.88. The van der Waals surface area contributed by atoms with Gasteiger partial charge in [-0.2, -0.15) is 4.31 Å². The monoisotopic (exact) mass is 255 g/mol. The lowest BCUT2D eigenvalue weighted by molar-refractivity contribution is 0.377. The Morgan fingerprint density at radius 1 is 1.47 bits per heavy atom. The van der Waals surface area contributed by atoms with Crippen molar-refractivity contribution >= 4 is 10.0 Å². The average molecular weight is 255 g/mol. The number of pyridine rings is 1. The van der Waals surface area contributed by atoms with Crippen molar-refractivity contribution in [1.29, 1.82) is 0 Å². The van der Waals surface area contributed by atoms with Crippen LogP contribution in [0, 0.1) is 0 Å². The summed E-state index contributed by atoms with van der Waals surface area (Å²) in [6.45, 7) is 3.47. The highest BCUT2D eigenvalue weighted by molar-refractivity contribution is 7.89. The van der Waals surface area contributed by atoms with Gasteiger partial charge in [-0.25, -0.2) is 8.42 Å². The highest BCUT2D eigenvalue weighted by Crippen LogP contribution is 2.12. The van der Waals surface area contributed by atoms with Crippen LogP contribution in [0.1, 0.15) is 12.5 Å². The Labute approximate surface area is 102 Å². The molecule has 0 radical (unpaired) electrons. The second kappa shape index (κ2) is 5.12. The summed E-state index contributed by atoms with van der Waals surface area (Å²) in [6.07, 6.45) is 3.36. The van der Waals surface area contributed by atoms with Gasteiger partial charge in [-0.1, -0.05) is 0 Å². The second-order valence-electron chi connectivity index (χ2n) is 4.32. The molecular formula is C11H17N3O2S. The van der Waals surface area contributed by atoms with Crippen LogP contribution < -0.4 is 5.32 Å². The van der Waals surface area contributed by atoms with Crippen LogP contribution >= 0.6 is 0 Å². The van der Waals surface area contributed by atoms with Crippen LogP contribution in [-0.4, -0.2) is 42.6 Å². The van der Waals surface area contributed by atoms with E-state index in [1.165, 1.54) is 0 Å². The van der Waals surface area contributed by atoms with Crippen LogP contribution in [0.5, 0.6) is 0 Å². The van der Waals surface area contributed by atoms with Crippen molar-refractivity contribution in [3.8, 4) is 0 Å². The third kappa shape index (κ3) is 3.24. The second-order valence-corrected chi connectivity index (χ2v) is 6.41. The van der Waals surface area contributed by atoms with Gasteiger partial charge < -0.3 is 5.32 Å². The molecule has 17 heavy (non-hydrogen) atoms. The van der Waals surface area contributed by atoms with Crippen LogP contribution in [0.2, 0.25) is 0 Å². The topological polar surface area (TPSA) is 62.3 Å². The number of sulfonamides is 1. The highest BCUT2D eigenvalue weighted by atomic mass is 32.2. The van der Waals surface area contributed by atoms with Gasteiger partial charge in [0.1, 0.15) is 0 Å². The number of hydrogen-bond acceptors (Lipinski definition) is 4. The zero-order valence-corrected chi connectivity index (χ0v) is 10.7. The molecule has 1 unspecified atom stereocenters. The van der Waals surface area contributed by atoms with Crippen molar-refractivity contribution in [2.45, 2.75) is 19.5 Å². The Bertz CT molecular complexity index is 461. The lowest BCUT2D eigenvalue weighted by atomic mass is 10.2. The third-order valence-electron chi connectivity index (χ3n) is 2.83. The van der Waals surface area contributed by atoms with E-state index in [0.29, 0.717) is 19.6 Å². The minimum atomic E-state index is -3.14. The standard InChI is InChI=1S/C11H17N3O2S/c1-10-8-14(17(15,16)7-6-13-10)9-11-2-4-12-5-3-11/h2-5,10,13H,6-9H2,1H3. The molecule has 0 amide bonds. The molecule has 1 aromatic heterocycles. The van der Waals surface area contributed by atoms with Crippen molar-refractivity contribution in [3.63, 3.8) is 0 Å². The number of hydrogen-bond donors (Lipinski definition) is 1. The van der Waals surface area contributed by atoms with Gasteiger partial charge in [0.25, 0.3) is 0 Å². The number of aromatic nitrogens is 1. The maximum Gasteiger partial charge on any atom is 0.215 e. The maximum atomic E-state index is 12.0. The molecule has 1 N–H and O–H groups in total. The first-order valence-corrected chi connectivity index (χ1v) is 7.29. The molecule has 5 nitrogen and oxygen atoms in total. The van der Waals surface area contributed by atoms with Crippen molar-refractivity contribution in [2.75, 3.05) is 18.8 Å². The first-order chi connectivity index (χ1) is 8.08. The zero-order valence-electron chi connectivity index (χ0n) is 9.83. The summed E-state index contributed by atoms with van der Waals surface area (Å²) < 4.78 is 25.6.